The first-order valence-corrected chi connectivity index (χ1v) is 15.8. The van der Waals surface area contributed by atoms with Gasteiger partial charge in [0.05, 0.1) is 17.1 Å². The van der Waals surface area contributed by atoms with Gasteiger partial charge in [0.2, 0.25) is 0 Å². The maximum Gasteiger partial charge on any atom is 0.423 e. The van der Waals surface area contributed by atoms with Crippen molar-refractivity contribution in [3.05, 3.63) is 129 Å². The largest absolute Gasteiger partial charge is 0.490 e. The molecular weight excluding hydrogens is 742 g/mol. The lowest BCUT2D eigenvalue weighted by Gasteiger charge is -2.23. The summed E-state index contributed by atoms with van der Waals surface area (Å²) in [5, 5.41) is 35.6. The van der Waals surface area contributed by atoms with Gasteiger partial charge in [0.15, 0.2) is 16.9 Å². The molecule has 4 aromatic carbocycles. The fraction of sp³-hybridized carbons (Fsp3) is 0.270. The van der Waals surface area contributed by atoms with Crippen LogP contribution in [-0.4, -0.2) is 51.4 Å². The number of rotatable bonds is 11. The van der Waals surface area contributed by atoms with Crippen molar-refractivity contribution in [1.29, 1.82) is 0 Å². The number of alkyl halides is 6. The summed E-state index contributed by atoms with van der Waals surface area (Å²) < 4.78 is 88.7. The number of hydrogen-bond acceptors (Lipinski definition) is 8. The van der Waals surface area contributed by atoms with Gasteiger partial charge >= 0.3 is 12.4 Å². The highest BCUT2D eigenvalue weighted by Gasteiger charge is 2.39. The van der Waals surface area contributed by atoms with E-state index in [9.17, 15) is 56.3 Å². The van der Waals surface area contributed by atoms with E-state index < -0.39 is 76.0 Å². The molecule has 0 saturated heterocycles. The average Bonchev–Trinajstić information content (AvgIpc) is 3.10. The van der Waals surface area contributed by atoms with Crippen LogP contribution in [0.3, 0.4) is 0 Å². The minimum absolute atomic E-state index is 0.185. The lowest BCUT2D eigenvalue weighted by molar-refractivity contribution is -0.388. The third-order valence-electron chi connectivity index (χ3n) is 7.50. The SMILES string of the molecule is Cc1ccc(OC[C@](C)(O)C(=O)Nc2ccc([N+](=O)[O-])c(C(F)(F)F)c2)cc1.[C-]#[N+]c1ccc(NC(=O)[C@@](C)(O)COc2ccc(C)cc2)cc1C(F)(F)F. The molecule has 0 fully saturated rings. The molecule has 0 aliphatic heterocycles. The molecule has 0 aliphatic carbocycles. The molecule has 4 aromatic rings. The Morgan fingerprint density at radius 1 is 0.709 bits per heavy atom. The molecule has 12 nitrogen and oxygen atoms in total. The molecule has 2 amide bonds. The molecular formula is C37H34F6N4O8. The standard InChI is InChI=1S/C19H17F3N2O3.C18H17F3N2O5/c1-12-4-7-14(8-5-12)27-11-18(2,26)17(25)24-13-6-9-16(23-3)15(10-13)19(20,21)22;1-11-3-6-13(7-4-11)28-10-17(2,25)16(24)22-12-5-8-15(23(26)27)14(9-12)18(19,20)21/h4-10,26H,11H2,1-2H3,(H,24,25);3-9,25H,10H2,1-2H3,(H,22,24)/t18-;17-/m00/s1. The summed E-state index contributed by atoms with van der Waals surface area (Å²) >= 11 is 0. The highest BCUT2D eigenvalue weighted by Crippen LogP contribution is 2.39. The molecule has 18 heteroatoms. The predicted octanol–water partition coefficient (Wildman–Crippen LogP) is 8.02. The zero-order valence-electron chi connectivity index (χ0n) is 29.5. The van der Waals surface area contributed by atoms with Crippen molar-refractivity contribution < 1.29 is 60.5 Å². The number of nitrogens with zero attached hydrogens (tertiary/aromatic N) is 2. The first-order valence-electron chi connectivity index (χ1n) is 15.8. The monoisotopic (exact) mass is 776 g/mol. The number of nitrogens with one attached hydrogen (secondary N) is 2. The maximum absolute atomic E-state index is 13.0. The minimum Gasteiger partial charge on any atom is -0.490 e. The van der Waals surface area contributed by atoms with Crippen molar-refractivity contribution in [2.45, 2.75) is 51.2 Å². The van der Waals surface area contributed by atoms with E-state index in [4.69, 9.17) is 16.0 Å². The first-order chi connectivity index (χ1) is 25.4. The molecule has 0 saturated carbocycles. The van der Waals surface area contributed by atoms with Gasteiger partial charge in [0.1, 0.15) is 30.3 Å². The summed E-state index contributed by atoms with van der Waals surface area (Å²) in [5.74, 6) is -1.12. The van der Waals surface area contributed by atoms with Crippen molar-refractivity contribution >= 4 is 34.6 Å². The van der Waals surface area contributed by atoms with Crippen LogP contribution in [0, 0.1) is 30.5 Å². The molecule has 0 aliphatic rings. The van der Waals surface area contributed by atoms with Crippen LogP contribution in [0.1, 0.15) is 36.1 Å². The number of benzene rings is 4. The van der Waals surface area contributed by atoms with Crippen molar-refractivity contribution in [2.24, 2.45) is 0 Å². The van der Waals surface area contributed by atoms with E-state index in [0.29, 0.717) is 29.7 Å². The van der Waals surface area contributed by atoms with E-state index in [1.165, 1.54) is 6.92 Å². The van der Waals surface area contributed by atoms with Gasteiger partial charge in [-0.25, -0.2) is 4.85 Å². The summed E-state index contributed by atoms with van der Waals surface area (Å²) in [6.45, 7) is 12.0. The van der Waals surface area contributed by atoms with E-state index in [2.05, 4.69) is 15.5 Å². The molecule has 4 rings (SSSR count). The first kappa shape index (κ1) is 43.2. The van der Waals surface area contributed by atoms with E-state index in [1.807, 2.05) is 13.8 Å². The Labute approximate surface area is 310 Å². The number of aryl methyl sites for hydroxylation is 2. The molecule has 0 spiro atoms. The third-order valence-corrected chi connectivity index (χ3v) is 7.50. The molecule has 2 atom stereocenters. The summed E-state index contributed by atoms with van der Waals surface area (Å²) in [7, 11) is 0. The van der Waals surface area contributed by atoms with Crippen LogP contribution in [-0.2, 0) is 21.9 Å². The highest BCUT2D eigenvalue weighted by atomic mass is 19.4. The smallest absolute Gasteiger partial charge is 0.423 e. The molecule has 0 bridgehead atoms. The summed E-state index contributed by atoms with van der Waals surface area (Å²) in [4.78, 5) is 36.9. The fourth-order valence-corrected chi connectivity index (χ4v) is 4.32. The van der Waals surface area contributed by atoms with Gasteiger partial charge in [0, 0.05) is 17.4 Å². The van der Waals surface area contributed by atoms with Gasteiger partial charge in [-0.3, -0.25) is 19.7 Å². The maximum atomic E-state index is 13.0. The zero-order chi connectivity index (χ0) is 41.4. The zero-order valence-corrected chi connectivity index (χ0v) is 29.5. The normalized spacial score (nSPS) is 13.4. The van der Waals surface area contributed by atoms with Crippen LogP contribution in [0.15, 0.2) is 84.9 Å². The lowest BCUT2D eigenvalue weighted by Crippen LogP contribution is -2.45. The van der Waals surface area contributed by atoms with E-state index in [1.54, 1.807) is 48.5 Å². The van der Waals surface area contributed by atoms with Crippen LogP contribution < -0.4 is 20.1 Å². The Kier molecular flexibility index (Phi) is 13.6. The Morgan fingerprint density at radius 2 is 1.09 bits per heavy atom. The number of halogens is 6. The van der Waals surface area contributed by atoms with Crippen molar-refractivity contribution in [2.75, 3.05) is 23.8 Å². The highest BCUT2D eigenvalue weighted by molar-refractivity contribution is 5.98. The predicted molar refractivity (Wildman–Crippen MR) is 188 cm³/mol. The Balaban J connectivity index is 0.000000296. The number of hydrogen-bond donors (Lipinski definition) is 4. The number of nitro groups is 1. The van der Waals surface area contributed by atoms with E-state index in [0.717, 1.165) is 36.2 Å². The number of carbonyl (C=O) groups is 2. The quantitative estimate of drug-likeness (QED) is 0.0515. The van der Waals surface area contributed by atoms with Gasteiger partial charge in [-0.1, -0.05) is 41.5 Å². The van der Waals surface area contributed by atoms with Gasteiger partial charge in [-0.05, 0) is 76.2 Å². The Bertz CT molecular complexity index is 2040. The second kappa shape index (κ2) is 17.3. The van der Waals surface area contributed by atoms with Gasteiger partial charge in [0.25, 0.3) is 17.5 Å². The van der Waals surface area contributed by atoms with Crippen LogP contribution in [0.2, 0.25) is 0 Å². The summed E-state index contributed by atoms with van der Waals surface area (Å²) in [6, 6.07) is 18.5. The average molecular weight is 777 g/mol. The number of nitro benzene ring substituents is 1. The van der Waals surface area contributed by atoms with Gasteiger partial charge in [-0.2, -0.15) is 26.3 Å². The van der Waals surface area contributed by atoms with Crippen LogP contribution in [0.25, 0.3) is 4.85 Å². The van der Waals surface area contributed by atoms with E-state index >= 15 is 0 Å². The topological polar surface area (TPSA) is 165 Å². The molecule has 55 heavy (non-hydrogen) atoms. The number of amides is 2. The van der Waals surface area contributed by atoms with Crippen LogP contribution in [0.5, 0.6) is 11.5 Å². The lowest BCUT2D eigenvalue weighted by atomic mass is 10.1. The number of carbonyl (C=O) groups excluding carboxylic acids is 2. The molecule has 0 aromatic heterocycles. The van der Waals surface area contributed by atoms with Crippen LogP contribution in [0.4, 0.5) is 49.1 Å². The van der Waals surface area contributed by atoms with Gasteiger partial charge in [-0.15, -0.1) is 0 Å². The molecule has 0 heterocycles. The van der Waals surface area contributed by atoms with Crippen molar-refractivity contribution in [3.63, 3.8) is 0 Å². The summed E-state index contributed by atoms with van der Waals surface area (Å²) in [6.07, 6.45) is -9.72. The molecule has 292 valence electrons. The second-order valence-corrected chi connectivity index (χ2v) is 12.5. The Hall–Kier alpha value is -6.19. The van der Waals surface area contributed by atoms with Crippen molar-refractivity contribution in [3.8, 4) is 11.5 Å². The van der Waals surface area contributed by atoms with Crippen molar-refractivity contribution in [1.82, 2.24) is 0 Å². The Morgan fingerprint density at radius 3 is 1.45 bits per heavy atom. The fourth-order valence-electron chi connectivity index (χ4n) is 4.32. The van der Waals surface area contributed by atoms with E-state index in [-0.39, 0.29) is 11.4 Å². The molecule has 0 unspecified atom stereocenters. The molecule has 0 radical (unpaired) electrons. The third kappa shape index (κ3) is 12.4. The molecule has 4 N–H and O–H groups in total. The van der Waals surface area contributed by atoms with Gasteiger partial charge < -0.3 is 30.3 Å². The minimum atomic E-state index is -4.99. The number of aliphatic hydroxyl groups is 2. The summed E-state index contributed by atoms with van der Waals surface area (Å²) in [5.41, 5.74) is -6.97. The second-order valence-electron chi connectivity index (χ2n) is 12.5. The number of anilines is 2. The van der Waals surface area contributed by atoms with Crippen LogP contribution >= 0.6 is 0 Å². The number of ether oxygens (including phenoxy) is 2.